The van der Waals surface area contributed by atoms with Gasteiger partial charge in [-0.15, -0.1) is 0 Å². The second-order valence-electron chi connectivity index (χ2n) is 5.48. The molecule has 0 aliphatic carbocycles. The Bertz CT molecular complexity index is 831. The Balaban J connectivity index is 1.82. The van der Waals surface area contributed by atoms with Gasteiger partial charge < -0.3 is 14.2 Å². The molecule has 3 heterocycles. The number of imidazole rings is 1. The van der Waals surface area contributed by atoms with E-state index in [1.165, 1.54) is 0 Å². The van der Waals surface area contributed by atoms with Crippen molar-refractivity contribution in [1.82, 2.24) is 24.4 Å². The van der Waals surface area contributed by atoms with Gasteiger partial charge in [-0.25, -0.2) is 9.97 Å². The van der Waals surface area contributed by atoms with Crippen LogP contribution in [0, 0.1) is 0 Å². The Morgan fingerprint density at radius 1 is 1.29 bits per heavy atom. The molecule has 0 radical (unpaired) electrons. The summed E-state index contributed by atoms with van der Waals surface area (Å²) in [4.78, 5) is 27.1. The molecule has 24 heavy (non-hydrogen) atoms. The largest absolute Gasteiger partial charge is 0.383 e. The third-order valence-electron chi connectivity index (χ3n) is 3.74. The molecule has 7 heteroatoms. The maximum Gasteiger partial charge on any atom is 0.255 e. The average molecular weight is 325 g/mol. The number of methoxy groups -OCH3 is 1. The normalized spacial score (nSPS) is 10.9. The second kappa shape index (κ2) is 7.18. The fourth-order valence-corrected chi connectivity index (χ4v) is 2.40. The first-order chi connectivity index (χ1) is 11.7. The molecule has 0 aliphatic rings. The van der Waals surface area contributed by atoms with Crippen molar-refractivity contribution in [2.24, 2.45) is 0 Å². The number of likely N-dealkylation sites (N-methyl/N-ethyl adjacent to an activating group) is 1. The molecule has 0 saturated heterocycles. The summed E-state index contributed by atoms with van der Waals surface area (Å²) in [7, 11) is 3.35. The van der Waals surface area contributed by atoms with Crippen LogP contribution in [0.25, 0.3) is 11.2 Å². The lowest BCUT2D eigenvalue weighted by molar-refractivity contribution is 0.0744. The van der Waals surface area contributed by atoms with Crippen LogP contribution in [0.1, 0.15) is 16.1 Å². The first kappa shape index (κ1) is 16.1. The number of rotatable bonds is 6. The van der Waals surface area contributed by atoms with E-state index in [0.717, 1.165) is 11.3 Å². The predicted molar refractivity (Wildman–Crippen MR) is 89.7 cm³/mol. The van der Waals surface area contributed by atoms with Crippen LogP contribution in [0.5, 0.6) is 0 Å². The van der Waals surface area contributed by atoms with Gasteiger partial charge in [0, 0.05) is 33.1 Å². The first-order valence-corrected chi connectivity index (χ1v) is 7.64. The molecule has 7 nitrogen and oxygen atoms in total. The molecule has 3 aromatic heterocycles. The number of carbonyl (C=O) groups is 1. The van der Waals surface area contributed by atoms with Gasteiger partial charge in [-0.05, 0) is 18.2 Å². The molecule has 0 saturated carbocycles. The SMILES string of the molecule is COCCN(C)C(=O)c1cnc2c(c1)ncn2Cc1ccccn1. The molecule has 0 spiro atoms. The second-order valence-corrected chi connectivity index (χ2v) is 5.48. The van der Waals surface area contributed by atoms with Gasteiger partial charge in [0.1, 0.15) is 5.52 Å². The van der Waals surface area contributed by atoms with Crippen molar-refractivity contribution in [3.63, 3.8) is 0 Å². The summed E-state index contributed by atoms with van der Waals surface area (Å²) < 4.78 is 6.91. The van der Waals surface area contributed by atoms with Gasteiger partial charge in [-0.2, -0.15) is 0 Å². The van der Waals surface area contributed by atoms with Gasteiger partial charge in [0.15, 0.2) is 5.65 Å². The molecular weight excluding hydrogens is 306 g/mol. The van der Waals surface area contributed by atoms with E-state index in [1.54, 1.807) is 43.8 Å². The number of ether oxygens (including phenoxy) is 1. The summed E-state index contributed by atoms with van der Waals surface area (Å²) in [6.07, 6.45) is 5.06. The molecule has 0 bridgehead atoms. The molecule has 0 aliphatic heterocycles. The smallest absolute Gasteiger partial charge is 0.255 e. The van der Waals surface area contributed by atoms with Crippen molar-refractivity contribution < 1.29 is 9.53 Å². The summed E-state index contributed by atoms with van der Waals surface area (Å²) in [5.41, 5.74) is 2.87. The maximum absolute atomic E-state index is 12.4. The van der Waals surface area contributed by atoms with Crippen molar-refractivity contribution in [2.45, 2.75) is 6.54 Å². The summed E-state index contributed by atoms with van der Waals surface area (Å²) in [6, 6.07) is 7.55. The highest BCUT2D eigenvalue weighted by Gasteiger charge is 2.14. The van der Waals surface area contributed by atoms with Crippen molar-refractivity contribution in [3.05, 3.63) is 54.2 Å². The Morgan fingerprint density at radius 3 is 2.92 bits per heavy atom. The van der Waals surface area contributed by atoms with Crippen LogP contribution in [0.3, 0.4) is 0 Å². The van der Waals surface area contributed by atoms with Crippen LogP contribution in [0.4, 0.5) is 0 Å². The molecule has 0 atom stereocenters. The molecular formula is C17H19N5O2. The van der Waals surface area contributed by atoms with Crippen LogP contribution in [-0.2, 0) is 11.3 Å². The number of hydrogen-bond donors (Lipinski definition) is 0. The van der Waals surface area contributed by atoms with Crippen LogP contribution in [0.15, 0.2) is 43.0 Å². The highest BCUT2D eigenvalue weighted by atomic mass is 16.5. The highest BCUT2D eigenvalue weighted by Crippen LogP contribution is 2.14. The van der Waals surface area contributed by atoms with Crippen molar-refractivity contribution in [3.8, 4) is 0 Å². The van der Waals surface area contributed by atoms with Gasteiger partial charge >= 0.3 is 0 Å². The first-order valence-electron chi connectivity index (χ1n) is 7.64. The summed E-state index contributed by atoms with van der Waals surface area (Å²) in [6.45, 7) is 1.61. The maximum atomic E-state index is 12.4. The lowest BCUT2D eigenvalue weighted by atomic mass is 10.2. The molecule has 124 valence electrons. The van der Waals surface area contributed by atoms with Gasteiger partial charge in [-0.1, -0.05) is 6.07 Å². The zero-order valence-electron chi connectivity index (χ0n) is 13.7. The lowest BCUT2D eigenvalue weighted by Crippen LogP contribution is -2.30. The van der Waals surface area contributed by atoms with Crippen LogP contribution >= 0.6 is 0 Å². The lowest BCUT2D eigenvalue weighted by Gasteiger charge is -2.16. The minimum atomic E-state index is -0.0965. The molecule has 3 rings (SSSR count). The molecule has 1 amide bonds. The number of pyridine rings is 2. The fourth-order valence-electron chi connectivity index (χ4n) is 2.40. The zero-order chi connectivity index (χ0) is 16.9. The van der Waals surface area contributed by atoms with Gasteiger partial charge in [-0.3, -0.25) is 9.78 Å². The number of hydrogen-bond acceptors (Lipinski definition) is 5. The van der Waals surface area contributed by atoms with Crippen LogP contribution < -0.4 is 0 Å². The third-order valence-corrected chi connectivity index (χ3v) is 3.74. The molecule has 3 aromatic rings. The Kier molecular flexibility index (Phi) is 4.81. The average Bonchev–Trinajstić information content (AvgIpc) is 3.02. The van der Waals surface area contributed by atoms with E-state index in [-0.39, 0.29) is 5.91 Å². The summed E-state index contributed by atoms with van der Waals surface area (Å²) in [5, 5.41) is 0. The Hall–Kier alpha value is -2.80. The van der Waals surface area contributed by atoms with E-state index in [9.17, 15) is 4.79 Å². The van der Waals surface area contributed by atoms with E-state index in [2.05, 4.69) is 15.0 Å². The van der Waals surface area contributed by atoms with Crippen LogP contribution in [0.2, 0.25) is 0 Å². The molecule has 0 aromatic carbocycles. The van der Waals surface area contributed by atoms with E-state index in [0.29, 0.717) is 30.8 Å². The van der Waals surface area contributed by atoms with E-state index in [4.69, 9.17) is 4.74 Å². The molecule has 0 N–H and O–H groups in total. The van der Waals surface area contributed by atoms with Crippen molar-refractivity contribution >= 4 is 17.1 Å². The van der Waals surface area contributed by atoms with Crippen LogP contribution in [-0.4, -0.2) is 57.6 Å². The Morgan fingerprint density at radius 2 is 2.17 bits per heavy atom. The minimum Gasteiger partial charge on any atom is -0.383 e. The number of amides is 1. The van der Waals surface area contributed by atoms with Gasteiger partial charge in [0.05, 0.1) is 30.7 Å². The summed E-state index contributed by atoms with van der Waals surface area (Å²) in [5.74, 6) is -0.0965. The number of nitrogens with zero attached hydrogens (tertiary/aromatic N) is 5. The van der Waals surface area contributed by atoms with E-state index in [1.807, 2.05) is 22.8 Å². The Labute approximate surface area is 139 Å². The fraction of sp³-hybridized carbons (Fsp3) is 0.294. The summed E-state index contributed by atoms with van der Waals surface area (Å²) >= 11 is 0. The number of aromatic nitrogens is 4. The van der Waals surface area contributed by atoms with E-state index < -0.39 is 0 Å². The minimum absolute atomic E-state index is 0.0965. The van der Waals surface area contributed by atoms with Gasteiger partial charge in [0.2, 0.25) is 0 Å². The zero-order valence-corrected chi connectivity index (χ0v) is 13.7. The van der Waals surface area contributed by atoms with Crippen molar-refractivity contribution in [1.29, 1.82) is 0 Å². The highest BCUT2D eigenvalue weighted by molar-refractivity contribution is 5.96. The quantitative estimate of drug-likeness (QED) is 0.688. The van der Waals surface area contributed by atoms with Crippen molar-refractivity contribution in [2.75, 3.05) is 27.3 Å². The predicted octanol–water partition coefficient (Wildman–Crippen LogP) is 1.59. The monoisotopic (exact) mass is 325 g/mol. The van der Waals surface area contributed by atoms with E-state index >= 15 is 0 Å². The topological polar surface area (TPSA) is 73.1 Å². The molecule has 0 fully saturated rings. The molecule has 0 unspecified atom stereocenters. The number of fused-ring (bicyclic) bond motifs is 1. The van der Waals surface area contributed by atoms with Gasteiger partial charge in [0.25, 0.3) is 5.91 Å². The third kappa shape index (κ3) is 3.41. The number of carbonyl (C=O) groups excluding carboxylic acids is 1. The standard InChI is InChI=1S/C17H19N5O2/c1-21(7-8-24-2)17(23)13-9-15-16(19-10-13)22(12-20-15)11-14-5-3-4-6-18-14/h3-6,9-10,12H,7-8,11H2,1-2H3.